The molecule has 0 spiro atoms. The van der Waals surface area contributed by atoms with Gasteiger partial charge in [-0.2, -0.15) is 0 Å². The maximum absolute atomic E-state index is 4.89. The zero-order valence-corrected chi connectivity index (χ0v) is 19.7. The van der Waals surface area contributed by atoms with E-state index in [-0.39, 0.29) is 0 Å². The Balaban J connectivity index is 2.92. The summed E-state index contributed by atoms with van der Waals surface area (Å²) in [5.41, 5.74) is 1.31. The molecule has 0 saturated carbocycles. The molecule has 2 heteroatoms. The Morgan fingerprint density at radius 1 is 0.708 bits per heavy atom. The Morgan fingerprint density at radius 3 is 1.67 bits per heavy atom. The van der Waals surface area contributed by atoms with Crippen molar-refractivity contribution < 1.29 is 0 Å². The van der Waals surface area contributed by atoms with Gasteiger partial charge in [0.15, 0.2) is 0 Å². The third-order valence-corrected chi connectivity index (χ3v) is 21.1. The summed E-state index contributed by atoms with van der Waals surface area (Å²) in [6, 6.07) is 4.87. The van der Waals surface area contributed by atoms with Crippen LogP contribution in [0.1, 0.15) is 91.2 Å². The van der Waals surface area contributed by atoms with E-state index >= 15 is 0 Å². The maximum atomic E-state index is 4.89. The van der Waals surface area contributed by atoms with E-state index in [0.29, 0.717) is 0 Å². The Morgan fingerprint density at radius 2 is 1.25 bits per heavy atom. The van der Waals surface area contributed by atoms with Gasteiger partial charge in [-0.15, -0.1) is 0 Å². The van der Waals surface area contributed by atoms with Gasteiger partial charge < -0.3 is 0 Å². The van der Waals surface area contributed by atoms with Crippen molar-refractivity contribution >= 4 is 22.0 Å². The van der Waals surface area contributed by atoms with Crippen molar-refractivity contribution in [3.63, 3.8) is 0 Å². The van der Waals surface area contributed by atoms with Gasteiger partial charge in [0.25, 0.3) is 0 Å². The molecule has 0 atom stereocenters. The first kappa shape index (κ1) is 22.0. The SMILES string of the molecule is CCCCCc1cc[c]([Sn]([CH2]CCC)([CH2]CCC)[CH2]CCC)cn1. The van der Waals surface area contributed by atoms with Crippen LogP contribution in [0.15, 0.2) is 18.3 Å². The third kappa shape index (κ3) is 7.45. The average Bonchev–Trinajstić information content (AvgIpc) is 2.62. The van der Waals surface area contributed by atoms with Crippen molar-refractivity contribution in [1.82, 2.24) is 4.98 Å². The van der Waals surface area contributed by atoms with E-state index < -0.39 is 18.4 Å². The number of rotatable bonds is 14. The molecule has 1 nitrogen and oxygen atoms in total. The zero-order chi connectivity index (χ0) is 17.7. The molecule has 0 saturated heterocycles. The molecule has 0 N–H and O–H groups in total. The molecule has 0 aromatic carbocycles. The summed E-state index contributed by atoms with van der Waals surface area (Å²) in [5.74, 6) is 0. The number of nitrogens with zero attached hydrogens (tertiary/aromatic N) is 1. The van der Waals surface area contributed by atoms with Crippen LogP contribution < -0.4 is 3.58 Å². The van der Waals surface area contributed by atoms with Gasteiger partial charge in [-0.05, 0) is 0 Å². The van der Waals surface area contributed by atoms with Crippen molar-refractivity contribution in [3.8, 4) is 0 Å². The van der Waals surface area contributed by atoms with E-state index in [9.17, 15) is 0 Å². The minimum absolute atomic E-state index is 1.16. The van der Waals surface area contributed by atoms with Crippen molar-refractivity contribution in [2.24, 2.45) is 0 Å². The fourth-order valence-electron chi connectivity index (χ4n) is 3.80. The van der Waals surface area contributed by atoms with Gasteiger partial charge in [0.2, 0.25) is 0 Å². The van der Waals surface area contributed by atoms with Gasteiger partial charge in [-0.25, -0.2) is 0 Å². The molecule has 0 aliphatic carbocycles. The molecule has 0 radical (unpaired) electrons. The molecule has 0 unspecified atom stereocenters. The topological polar surface area (TPSA) is 12.9 Å². The van der Waals surface area contributed by atoms with Gasteiger partial charge in [0.05, 0.1) is 0 Å². The van der Waals surface area contributed by atoms with Crippen LogP contribution in [0.25, 0.3) is 0 Å². The van der Waals surface area contributed by atoms with E-state index in [2.05, 4.69) is 46.0 Å². The normalized spacial score (nSPS) is 11.8. The summed E-state index contributed by atoms with van der Waals surface area (Å²) in [4.78, 5) is 4.89. The summed E-state index contributed by atoms with van der Waals surface area (Å²) >= 11 is -2.24. The fraction of sp³-hybridized carbons (Fsp3) is 0.773. The molecular formula is C22H41NSn. The Labute approximate surface area is 155 Å². The molecule has 1 heterocycles. The Kier molecular flexibility index (Phi) is 12.1. The fourth-order valence-corrected chi connectivity index (χ4v) is 19.4. The van der Waals surface area contributed by atoms with Crippen LogP contribution >= 0.6 is 0 Å². The van der Waals surface area contributed by atoms with E-state index in [0.717, 1.165) is 6.42 Å². The van der Waals surface area contributed by atoms with Crippen LogP contribution in [0.3, 0.4) is 0 Å². The summed E-state index contributed by atoms with van der Waals surface area (Å²) in [7, 11) is 0. The predicted molar refractivity (Wildman–Crippen MR) is 112 cm³/mol. The van der Waals surface area contributed by atoms with Crippen LogP contribution in [0, 0.1) is 0 Å². The number of hydrogen-bond acceptors (Lipinski definition) is 1. The van der Waals surface area contributed by atoms with Crippen LogP contribution in [0.4, 0.5) is 0 Å². The van der Waals surface area contributed by atoms with Crippen molar-refractivity contribution in [3.05, 3.63) is 24.0 Å². The minimum atomic E-state index is -2.24. The molecule has 138 valence electrons. The molecular weight excluding hydrogens is 397 g/mol. The summed E-state index contributed by atoms with van der Waals surface area (Å²) in [6.07, 6.45) is 15.7. The monoisotopic (exact) mass is 439 g/mol. The number of pyridine rings is 1. The first-order valence-electron chi connectivity index (χ1n) is 10.7. The van der Waals surface area contributed by atoms with Gasteiger partial charge in [0, 0.05) is 0 Å². The molecule has 0 bridgehead atoms. The summed E-state index contributed by atoms with van der Waals surface area (Å²) < 4.78 is 6.35. The van der Waals surface area contributed by atoms with Crippen LogP contribution in [0.5, 0.6) is 0 Å². The number of unbranched alkanes of at least 4 members (excludes halogenated alkanes) is 5. The molecule has 1 aromatic rings. The van der Waals surface area contributed by atoms with E-state index in [1.807, 2.05) is 0 Å². The van der Waals surface area contributed by atoms with Crippen molar-refractivity contribution in [2.45, 2.75) is 105 Å². The van der Waals surface area contributed by atoms with Crippen LogP contribution in [0.2, 0.25) is 13.3 Å². The molecule has 1 aromatic heterocycles. The van der Waals surface area contributed by atoms with Crippen molar-refractivity contribution in [1.29, 1.82) is 0 Å². The first-order valence-corrected chi connectivity index (χ1v) is 18.2. The third-order valence-electron chi connectivity index (χ3n) is 5.50. The quantitative estimate of drug-likeness (QED) is 0.228. The summed E-state index contributed by atoms with van der Waals surface area (Å²) in [5, 5.41) is 0. The number of hydrogen-bond donors (Lipinski definition) is 0. The number of aromatic nitrogens is 1. The second kappa shape index (κ2) is 13.2. The molecule has 1 rings (SSSR count). The average molecular weight is 438 g/mol. The zero-order valence-electron chi connectivity index (χ0n) is 16.9. The van der Waals surface area contributed by atoms with E-state index in [1.54, 1.807) is 16.9 Å². The van der Waals surface area contributed by atoms with E-state index in [1.165, 1.54) is 63.5 Å². The van der Waals surface area contributed by atoms with Gasteiger partial charge in [-0.3, -0.25) is 0 Å². The van der Waals surface area contributed by atoms with Gasteiger partial charge in [-0.1, -0.05) is 0 Å². The van der Waals surface area contributed by atoms with Gasteiger partial charge >= 0.3 is 156 Å². The van der Waals surface area contributed by atoms with Crippen molar-refractivity contribution in [2.75, 3.05) is 0 Å². The van der Waals surface area contributed by atoms with E-state index in [4.69, 9.17) is 4.98 Å². The Hall–Kier alpha value is -0.0513. The number of aryl methyl sites for hydroxylation is 1. The predicted octanol–water partition coefficient (Wildman–Crippen LogP) is 6.87. The molecule has 0 aliphatic heterocycles. The Bertz CT molecular complexity index is 391. The first-order chi connectivity index (χ1) is 11.7. The van der Waals surface area contributed by atoms with Crippen LogP contribution in [-0.4, -0.2) is 23.4 Å². The van der Waals surface area contributed by atoms with Crippen LogP contribution in [-0.2, 0) is 6.42 Å². The second-order valence-corrected chi connectivity index (χ2v) is 20.8. The summed E-state index contributed by atoms with van der Waals surface area (Å²) in [6.45, 7) is 9.33. The molecule has 0 aliphatic rings. The molecule has 0 amide bonds. The van der Waals surface area contributed by atoms with Gasteiger partial charge in [0.1, 0.15) is 0 Å². The molecule has 0 fully saturated rings. The molecule has 24 heavy (non-hydrogen) atoms. The standard InChI is InChI=1S/C10H14N.3C4H9.Sn/c1-2-3-4-7-10-8-5-6-9-11-10;3*1-3-4-2;/h5,8-9H,2-4,7H2,1H3;3*1,3-4H2,2H3;. The second-order valence-electron chi connectivity index (χ2n) is 7.59.